The number of amides is 2. The molecular formula is C23H32N4O3. The average molecular weight is 413 g/mol. The molecule has 1 aliphatic carbocycles. The van der Waals surface area contributed by atoms with Gasteiger partial charge >= 0.3 is 6.03 Å². The van der Waals surface area contributed by atoms with E-state index >= 15 is 0 Å². The molecule has 1 saturated carbocycles. The lowest BCUT2D eigenvalue weighted by Gasteiger charge is -2.25. The summed E-state index contributed by atoms with van der Waals surface area (Å²) in [5.74, 6) is 0.272. The summed E-state index contributed by atoms with van der Waals surface area (Å²) in [6.45, 7) is 7.80. The summed E-state index contributed by atoms with van der Waals surface area (Å²) in [6, 6.07) is 6.55. The third-order valence-electron chi connectivity index (χ3n) is 5.76. The Morgan fingerprint density at radius 3 is 2.47 bits per heavy atom. The topological polar surface area (TPSA) is 96.2 Å². The van der Waals surface area contributed by atoms with Crippen LogP contribution in [0.1, 0.15) is 71.4 Å². The van der Waals surface area contributed by atoms with Crippen molar-refractivity contribution in [3.05, 3.63) is 30.0 Å². The van der Waals surface area contributed by atoms with E-state index in [4.69, 9.17) is 0 Å². The van der Waals surface area contributed by atoms with Gasteiger partial charge in [0.15, 0.2) is 0 Å². The predicted octanol–water partition coefficient (Wildman–Crippen LogP) is 4.86. The summed E-state index contributed by atoms with van der Waals surface area (Å²) >= 11 is 0. The third-order valence-corrected chi connectivity index (χ3v) is 5.76. The van der Waals surface area contributed by atoms with Gasteiger partial charge in [0.2, 0.25) is 5.91 Å². The van der Waals surface area contributed by atoms with E-state index in [2.05, 4.69) is 15.7 Å². The zero-order chi connectivity index (χ0) is 21.8. The average Bonchev–Trinajstić information content (AvgIpc) is 3.07. The first-order valence-corrected chi connectivity index (χ1v) is 10.9. The molecule has 7 heteroatoms. The number of anilines is 1. The van der Waals surface area contributed by atoms with Crippen LogP contribution in [-0.4, -0.2) is 32.9 Å². The molecule has 7 nitrogen and oxygen atoms in total. The molecule has 2 amide bonds. The van der Waals surface area contributed by atoms with Crippen LogP contribution in [0.4, 0.5) is 10.5 Å². The molecule has 3 N–H and O–H groups in total. The highest BCUT2D eigenvalue weighted by Gasteiger charge is 2.28. The SMILES string of the molecule is CCC(CC)C(=O)Nc1ccc(O)c(-c2cc(C3CCC3)n(C(=O)NC(C)C)n2)c1. The van der Waals surface area contributed by atoms with Crippen LogP contribution in [0.2, 0.25) is 0 Å². The highest BCUT2D eigenvalue weighted by molar-refractivity contribution is 5.93. The van der Waals surface area contributed by atoms with E-state index in [-0.39, 0.29) is 29.6 Å². The van der Waals surface area contributed by atoms with E-state index < -0.39 is 0 Å². The number of carbonyl (C=O) groups excluding carboxylic acids is 2. The molecule has 1 aromatic carbocycles. The van der Waals surface area contributed by atoms with Crippen LogP contribution in [0, 0.1) is 5.92 Å². The van der Waals surface area contributed by atoms with Gasteiger partial charge < -0.3 is 15.7 Å². The summed E-state index contributed by atoms with van der Waals surface area (Å²) in [6.07, 6.45) is 4.73. The van der Waals surface area contributed by atoms with Gasteiger partial charge in [-0.25, -0.2) is 4.79 Å². The molecule has 0 radical (unpaired) electrons. The van der Waals surface area contributed by atoms with Crippen LogP contribution in [0.5, 0.6) is 5.75 Å². The van der Waals surface area contributed by atoms with Crippen LogP contribution in [0.15, 0.2) is 24.3 Å². The molecule has 0 atom stereocenters. The molecule has 0 bridgehead atoms. The maximum atomic E-state index is 12.7. The molecule has 1 aliphatic rings. The van der Waals surface area contributed by atoms with Crippen molar-refractivity contribution >= 4 is 17.6 Å². The Balaban J connectivity index is 1.93. The van der Waals surface area contributed by atoms with Gasteiger partial charge in [-0.3, -0.25) is 4.79 Å². The minimum atomic E-state index is -0.268. The van der Waals surface area contributed by atoms with Gasteiger partial charge in [-0.15, -0.1) is 0 Å². The molecule has 0 spiro atoms. The van der Waals surface area contributed by atoms with E-state index in [1.165, 1.54) is 4.68 Å². The molecule has 2 aromatic rings. The monoisotopic (exact) mass is 412 g/mol. The zero-order valence-corrected chi connectivity index (χ0v) is 18.2. The van der Waals surface area contributed by atoms with Crippen molar-refractivity contribution in [3.8, 4) is 17.0 Å². The van der Waals surface area contributed by atoms with Crippen molar-refractivity contribution in [2.75, 3.05) is 5.32 Å². The molecule has 0 unspecified atom stereocenters. The first-order valence-electron chi connectivity index (χ1n) is 10.9. The lowest BCUT2D eigenvalue weighted by atomic mass is 9.82. The number of nitrogens with zero attached hydrogens (tertiary/aromatic N) is 2. The lowest BCUT2D eigenvalue weighted by Crippen LogP contribution is -2.36. The van der Waals surface area contributed by atoms with Crippen molar-refractivity contribution < 1.29 is 14.7 Å². The number of aromatic nitrogens is 2. The Morgan fingerprint density at radius 2 is 1.90 bits per heavy atom. The number of hydrogen-bond acceptors (Lipinski definition) is 4. The third kappa shape index (κ3) is 4.66. The quantitative estimate of drug-likeness (QED) is 0.566. The van der Waals surface area contributed by atoms with Crippen LogP contribution in [0.3, 0.4) is 0 Å². The summed E-state index contributed by atoms with van der Waals surface area (Å²) in [5, 5.41) is 20.8. The first kappa shape index (κ1) is 21.9. The molecule has 1 fully saturated rings. The number of rotatable bonds is 7. The second-order valence-corrected chi connectivity index (χ2v) is 8.33. The van der Waals surface area contributed by atoms with Crippen molar-refractivity contribution in [3.63, 3.8) is 0 Å². The molecule has 3 rings (SSSR count). The molecule has 162 valence electrons. The van der Waals surface area contributed by atoms with Gasteiger partial charge in [-0.2, -0.15) is 9.78 Å². The van der Waals surface area contributed by atoms with E-state index in [9.17, 15) is 14.7 Å². The number of carbonyl (C=O) groups is 2. The van der Waals surface area contributed by atoms with Gasteiger partial charge in [-0.1, -0.05) is 20.3 Å². The van der Waals surface area contributed by atoms with Crippen molar-refractivity contribution in [1.29, 1.82) is 0 Å². The number of phenols is 1. The lowest BCUT2D eigenvalue weighted by molar-refractivity contribution is -0.120. The fraction of sp³-hybridized carbons (Fsp3) is 0.522. The molecule has 0 saturated heterocycles. The van der Waals surface area contributed by atoms with E-state index in [0.29, 0.717) is 22.9 Å². The van der Waals surface area contributed by atoms with Gasteiger partial charge in [0.05, 0.1) is 11.4 Å². The second-order valence-electron chi connectivity index (χ2n) is 8.33. The van der Waals surface area contributed by atoms with Crippen LogP contribution in [0.25, 0.3) is 11.3 Å². The largest absolute Gasteiger partial charge is 0.507 e. The normalized spacial score (nSPS) is 14.1. The van der Waals surface area contributed by atoms with E-state index in [0.717, 1.165) is 37.8 Å². The summed E-state index contributed by atoms with van der Waals surface area (Å²) in [5.41, 5.74) is 2.48. The highest BCUT2D eigenvalue weighted by atomic mass is 16.3. The number of hydrogen-bond donors (Lipinski definition) is 3. The minimum Gasteiger partial charge on any atom is -0.507 e. The van der Waals surface area contributed by atoms with Gasteiger partial charge in [-0.05, 0) is 63.8 Å². The van der Waals surface area contributed by atoms with Crippen molar-refractivity contribution in [2.24, 2.45) is 5.92 Å². The van der Waals surface area contributed by atoms with Crippen LogP contribution in [-0.2, 0) is 4.79 Å². The highest BCUT2D eigenvalue weighted by Crippen LogP contribution is 2.39. The van der Waals surface area contributed by atoms with E-state index in [1.54, 1.807) is 18.2 Å². The van der Waals surface area contributed by atoms with Gasteiger partial charge in [0, 0.05) is 29.1 Å². The fourth-order valence-corrected chi connectivity index (χ4v) is 3.72. The second kappa shape index (κ2) is 9.32. The van der Waals surface area contributed by atoms with Crippen molar-refractivity contribution in [2.45, 2.75) is 71.8 Å². The van der Waals surface area contributed by atoms with Crippen molar-refractivity contribution in [1.82, 2.24) is 15.1 Å². The zero-order valence-electron chi connectivity index (χ0n) is 18.2. The van der Waals surface area contributed by atoms with Gasteiger partial charge in [0.1, 0.15) is 5.75 Å². The minimum absolute atomic E-state index is 0.00332. The molecule has 1 aromatic heterocycles. The van der Waals surface area contributed by atoms with Crippen LogP contribution < -0.4 is 10.6 Å². The summed E-state index contributed by atoms with van der Waals surface area (Å²) in [7, 11) is 0. The Bertz CT molecular complexity index is 911. The number of nitrogens with one attached hydrogen (secondary N) is 2. The Hall–Kier alpha value is -2.83. The first-order chi connectivity index (χ1) is 14.3. The van der Waals surface area contributed by atoms with E-state index in [1.807, 2.05) is 33.8 Å². The molecule has 30 heavy (non-hydrogen) atoms. The Morgan fingerprint density at radius 1 is 1.20 bits per heavy atom. The maximum absolute atomic E-state index is 12.7. The summed E-state index contributed by atoms with van der Waals surface area (Å²) < 4.78 is 1.42. The molecular weight excluding hydrogens is 380 g/mol. The number of aromatic hydroxyl groups is 1. The standard InChI is InChI=1S/C23H32N4O3/c1-5-15(6-2)22(29)25-17-10-11-21(28)18(12-17)19-13-20(16-8-7-9-16)27(26-19)23(30)24-14(3)4/h10-16,28H,5-9H2,1-4H3,(H,24,30)(H,25,29). The molecule has 1 heterocycles. The summed E-state index contributed by atoms with van der Waals surface area (Å²) in [4.78, 5) is 25.1. The van der Waals surface area contributed by atoms with Gasteiger partial charge in [0.25, 0.3) is 0 Å². The number of phenolic OH excluding ortho intramolecular Hbond substituents is 1. The molecule has 0 aliphatic heterocycles. The Labute approximate surface area is 177 Å². The Kier molecular flexibility index (Phi) is 6.80. The smallest absolute Gasteiger partial charge is 0.342 e. The number of benzene rings is 1. The van der Waals surface area contributed by atoms with Crippen LogP contribution >= 0.6 is 0 Å². The predicted molar refractivity (Wildman–Crippen MR) is 118 cm³/mol. The fourth-order valence-electron chi connectivity index (χ4n) is 3.72. The maximum Gasteiger partial charge on any atom is 0.342 e.